The van der Waals surface area contributed by atoms with Crippen LogP contribution >= 0.6 is 0 Å². The third kappa shape index (κ3) is 7.00. The highest BCUT2D eigenvalue weighted by Crippen LogP contribution is 2.05. The second-order valence-electron chi connectivity index (χ2n) is 5.68. The van der Waals surface area contributed by atoms with Crippen LogP contribution in [0.4, 0.5) is 4.79 Å². The molecule has 0 heterocycles. The molecule has 0 fully saturated rings. The number of hydrogen-bond donors (Lipinski definition) is 2. The fourth-order valence-electron chi connectivity index (χ4n) is 1.66. The van der Waals surface area contributed by atoms with E-state index in [1.165, 1.54) is 4.90 Å². The molecule has 2 atom stereocenters. The van der Waals surface area contributed by atoms with Crippen LogP contribution in [-0.2, 0) is 4.79 Å². The summed E-state index contributed by atoms with van der Waals surface area (Å²) in [6.07, 6.45) is 0. The number of nitrogens with one attached hydrogen (secondary N) is 1. The second-order valence-corrected chi connectivity index (χ2v) is 5.68. The summed E-state index contributed by atoms with van der Waals surface area (Å²) in [5.74, 6) is -1.15. The number of hydrogen-bond acceptors (Lipinski definition) is 3. The van der Waals surface area contributed by atoms with Crippen LogP contribution in [-0.4, -0.2) is 67.2 Å². The number of urea groups is 1. The standard InChI is InChI=1S/C13H27N3O3/c1-9(2)11(8-15(4)5)14-13(19)16(6)7-10(3)12(17)18/h9-11H,7-8H2,1-6H3,(H,14,19)(H,17,18). The van der Waals surface area contributed by atoms with Crippen molar-refractivity contribution in [3.05, 3.63) is 0 Å². The van der Waals surface area contributed by atoms with Gasteiger partial charge in [-0.1, -0.05) is 20.8 Å². The van der Waals surface area contributed by atoms with Crippen molar-refractivity contribution in [3.8, 4) is 0 Å². The van der Waals surface area contributed by atoms with Crippen molar-refractivity contribution in [2.75, 3.05) is 34.2 Å². The number of nitrogens with zero attached hydrogens (tertiary/aromatic N) is 2. The van der Waals surface area contributed by atoms with Crippen LogP contribution in [0.25, 0.3) is 0 Å². The highest BCUT2D eigenvalue weighted by Gasteiger charge is 2.21. The van der Waals surface area contributed by atoms with Gasteiger partial charge < -0.3 is 20.2 Å². The number of likely N-dealkylation sites (N-methyl/N-ethyl adjacent to an activating group) is 1. The summed E-state index contributed by atoms with van der Waals surface area (Å²) in [6, 6.07) is -0.182. The van der Waals surface area contributed by atoms with E-state index in [-0.39, 0.29) is 18.6 Å². The largest absolute Gasteiger partial charge is 0.481 e. The Morgan fingerprint density at radius 1 is 1.11 bits per heavy atom. The Bertz CT molecular complexity index is 306. The van der Waals surface area contributed by atoms with Crippen molar-refractivity contribution in [1.82, 2.24) is 15.1 Å². The van der Waals surface area contributed by atoms with E-state index < -0.39 is 11.9 Å². The third-order valence-electron chi connectivity index (χ3n) is 2.99. The van der Waals surface area contributed by atoms with E-state index in [2.05, 4.69) is 5.32 Å². The first-order chi connectivity index (χ1) is 8.65. The summed E-state index contributed by atoms with van der Waals surface area (Å²) >= 11 is 0. The molecule has 0 aliphatic rings. The Hall–Kier alpha value is -1.30. The van der Waals surface area contributed by atoms with E-state index in [0.29, 0.717) is 5.92 Å². The molecular formula is C13H27N3O3. The van der Waals surface area contributed by atoms with Crippen molar-refractivity contribution in [1.29, 1.82) is 0 Å². The Labute approximate surface area is 115 Å². The molecule has 0 saturated carbocycles. The van der Waals surface area contributed by atoms with Gasteiger partial charge in [-0.05, 0) is 20.0 Å². The fourth-order valence-corrected chi connectivity index (χ4v) is 1.66. The average molecular weight is 273 g/mol. The van der Waals surface area contributed by atoms with Crippen molar-refractivity contribution >= 4 is 12.0 Å². The van der Waals surface area contributed by atoms with E-state index in [9.17, 15) is 9.59 Å². The smallest absolute Gasteiger partial charge is 0.317 e. The van der Waals surface area contributed by atoms with E-state index in [4.69, 9.17) is 5.11 Å². The zero-order valence-corrected chi connectivity index (χ0v) is 12.8. The van der Waals surface area contributed by atoms with Crippen molar-refractivity contribution < 1.29 is 14.7 Å². The third-order valence-corrected chi connectivity index (χ3v) is 2.99. The minimum atomic E-state index is -0.895. The molecule has 0 bridgehead atoms. The highest BCUT2D eigenvalue weighted by atomic mass is 16.4. The summed E-state index contributed by atoms with van der Waals surface area (Å²) in [6.45, 7) is 6.65. The van der Waals surface area contributed by atoms with Gasteiger partial charge in [-0.15, -0.1) is 0 Å². The van der Waals surface area contributed by atoms with Crippen LogP contribution in [0, 0.1) is 11.8 Å². The molecule has 0 saturated heterocycles. The SMILES string of the molecule is CC(CN(C)C(=O)NC(CN(C)C)C(C)C)C(=O)O. The quantitative estimate of drug-likeness (QED) is 0.724. The molecule has 112 valence electrons. The van der Waals surface area contributed by atoms with Crippen LogP contribution in [0.3, 0.4) is 0 Å². The lowest BCUT2D eigenvalue weighted by atomic mass is 10.0. The van der Waals surface area contributed by atoms with Gasteiger partial charge in [0.15, 0.2) is 0 Å². The molecule has 6 heteroatoms. The zero-order valence-electron chi connectivity index (χ0n) is 12.8. The van der Waals surface area contributed by atoms with Gasteiger partial charge in [-0.2, -0.15) is 0 Å². The maximum absolute atomic E-state index is 12.0. The summed E-state index contributed by atoms with van der Waals surface area (Å²) in [5, 5.41) is 11.8. The molecule has 2 unspecified atom stereocenters. The summed E-state index contributed by atoms with van der Waals surface area (Å²) in [5.41, 5.74) is 0. The van der Waals surface area contributed by atoms with E-state index in [1.54, 1.807) is 14.0 Å². The molecule has 19 heavy (non-hydrogen) atoms. The van der Waals surface area contributed by atoms with Gasteiger partial charge in [0.2, 0.25) is 0 Å². The Balaban J connectivity index is 4.43. The van der Waals surface area contributed by atoms with Crippen LogP contribution in [0.5, 0.6) is 0 Å². The molecule has 0 radical (unpaired) electrons. The summed E-state index contributed by atoms with van der Waals surface area (Å²) in [7, 11) is 5.53. The first-order valence-corrected chi connectivity index (χ1v) is 6.54. The van der Waals surface area contributed by atoms with Gasteiger partial charge in [0.1, 0.15) is 0 Å². The van der Waals surface area contributed by atoms with E-state index in [0.717, 1.165) is 6.54 Å². The summed E-state index contributed by atoms with van der Waals surface area (Å²) in [4.78, 5) is 26.2. The second kappa shape index (κ2) is 7.99. The first-order valence-electron chi connectivity index (χ1n) is 6.54. The zero-order chi connectivity index (χ0) is 15.2. The van der Waals surface area contributed by atoms with Crippen LogP contribution in [0.2, 0.25) is 0 Å². The number of carbonyl (C=O) groups is 2. The highest BCUT2D eigenvalue weighted by molar-refractivity contribution is 5.76. The molecule has 0 aliphatic carbocycles. The molecule has 0 aromatic rings. The van der Waals surface area contributed by atoms with Gasteiger partial charge in [-0.3, -0.25) is 4.79 Å². The number of carbonyl (C=O) groups excluding carboxylic acids is 1. The van der Waals surface area contributed by atoms with Gasteiger partial charge >= 0.3 is 12.0 Å². The Morgan fingerprint density at radius 2 is 1.63 bits per heavy atom. The lowest BCUT2D eigenvalue weighted by Gasteiger charge is -2.28. The van der Waals surface area contributed by atoms with E-state index in [1.807, 2.05) is 32.8 Å². The molecule has 0 aromatic heterocycles. The van der Waals surface area contributed by atoms with Crippen molar-refractivity contribution in [2.45, 2.75) is 26.8 Å². The van der Waals surface area contributed by atoms with Crippen LogP contribution in [0.1, 0.15) is 20.8 Å². The molecule has 0 aromatic carbocycles. The topological polar surface area (TPSA) is 72.9 Å². The first kappa shape index (κ1) is 17.7. The molecule has 0 spiro atoms. The summed E-state index contributed by atoms with van der Waals surface area (Å²) < 4.78 is 0. The predicted octanol–water partition coefficient (Wildman–Crippen LogP) is 0.935. The van der Waals surface area contributed by atoms with Gasteiger partial charge in [0.25, 0.3) is 0 Å². The predicted molar refractivity (Wildman–Crippen MR) is 75.1 cm³/mol. The normalized spacial score (nSPS) is 14.3. The number of carboxylic acid groups (broad SMARTS) is 1. The monoisotopic (exact) mass is 273 g/mol. The number of aliphatic carboxylic acids is 1. The molecule has 2 N–H and O–H groups in total. The van der Waals surface area contributed by atoms with E-state index >= 15 is 0 Å². The maximum Gasteiger partial charge on any atom is 0.317 e. The van der Waals surface area contributed by atoms with Crippen molar-refractivity contribution in [2.24, 2.45) is 11.8 Å². The number of rotatable bonds is 7. The lowest BCUT2D eigenvalue weighted by Crippen LogP contribution is -2.50. The molecule has 0 aliphatic heterocycles. The number of amides is 2. The van der Waals surface area contributed by atoms with Gasteiger partial charge in [0, 0.05) is 26.2 Å². The fraction of sp³-hybridized carbons (Fsp3) is 0.846. The van der Waals surface area contributed by atoms with Crippen LogP contribution in [0.15, 0.2) is 0 Å². The molecular weight excluding hydrogens is 246 g/mol. The Morgan fingerprint density at radius 3 is 2.00 bits per heavy atom. The lowest BCUT2D eigenvalue weighted by molar-refractivity contribution is -0.141. The maximum atomic E-state index is 12.0. The molecule has 0 rings (SSSR count). The van der Waals surface area contributed by atoms with Gasteiger partial charge in [-0.25, -0.2) is 4.79 Å². The minimum absolute atomic E-state index is 0.0464. The van der Waals surface area contributed by atoms with Crippen molar-refractivity contribution in [3.63, 3.8) is 0 Å². The average Bonchev–Trinajstić information content (AvgIpc) is 2.26. The molecule has 2 amide bonds. The number of carboxylic acids is 1. The van der Waals surface area contributed by atoms with Crippen LogP contribution < -0.4 is 5.32 Å². The molecule has 6 nitrogen and oxygen atoms in total. The van der Waals surface area contributed by atoms with Gasteiger partial charge in [0.05, 0.1) is 5.92 Å². The Kier molecular flexibility index (Phi) is 7.44. The minimum Gasteiger partial charge on any atom is -0.481 e.